The van der Waals surface area contributed by atoms with Crippen molar-refractivity contribution in [2.45, 2.75) is 38.0 Å². The molecule has 1 aromatic carbocycles. The molecule has 3 rings (SSSR count). The SMILES string of the molecule is O=C1CCC(c2nc(Cc3ccc(F)cc3)no2)CC1. The Labute approximate surface area is 116 Å². The molecule has 5 heteroatoms. The van der Waals surface area contributed by atoms with Gasteiger partial charge in [-0.3, -0.25) is 4.79 Å². The lowest BCUT2D eigenvalue weighted by Gasteiger charge is -2.16. The summed E-state index contributed by atoms with van der Waals surface area (Å²) < 4.78 is 18.1. The second-order valence-electron chi connectivity index (χ2n) is 5.17. The maximum atomic E-state index is 12.8. The van der Waals surface area contributed by atoms with Gasteiger partial charge in [-0.15, -0.1) is 0 Å². The van der Waals surface area contributed by atoms with Crippen LogP contribution >= 0.6 is 0 Å². The fourth-order valence-corrected chi connectivity index (χ4v) is 2.48. The minimum absolute atomic E-state index is 0.196. The number of aromatic nitrogens is 2. The Morgan fingerprint density at radius 1 is 1.20 bits per heavy atom. The molecule has 1 aromatic heterocycles. The van der Waals surface area contributed by atoms with E-state index in [4.69, 9.17) is 4.52 Å². The summed E-state index contributed by atoms with van der Waals surface area (Å²) in [6.07, 6.45) is 3.30. The summed E-state index contributed by atoms with van der Waals surface area (Å²) in [5.41, 5.74) is 0.942. The molecule has 1 fully saturated rings. The molecule has 0 aliphatic heterocycles. The monoisotopic (exact) mass is 274 g/mol. The van der Waals surface area contributed by atoms with E-state index in [0.29, 0.717) is 36.8 Å². The smallest absolute Gasteiger partial charge is 0.229 e. The maximum Gasteiger partial charge on any atom is 0.229 e. The second kappa shape index (κ2) is 5.53. The Balaban J connectivity index is 1.67. The highest BCUT2D eigenvalue weighted by Crippen LogP contribution is 2.30. The zero-order valence-electron chi connectivity index (χ0n) is 11.0. The van der Waals surface area contributed by atoms with Crippen LogP contribution in [0.1, 0.15) is 48.9 Å². The molecule has 104 valence electrons. The minimum atomic E-state index is -0.255. The maximum absolute atomic E-state index is 12.8. The molecule has 0 radical (unpaired) electrons. The molecular formula is C15H15FN2O2. The summed E-state index contributed by atoms with van der Waals surface area (Å²) in [5.74, 6) is 1.47. The van der Waals surface area contributed by atoms with Crippen LogP contribution in [0.15, 0.2) is 28.8 Å². The normalized spacial score (nSPS) is 16.6. The van der Waals surface area contributed by atoms with Crippen molar-refractivity contribution in [3.05, 3.63) is 47.4 Å². The van der Waals surface area contributed by atoms with Crippen LogP contribution in [0.25, 0.3) is 0 Å². The summed E-state index contributed by atoms with van der Waals surface area (Å²) in [6.45, 7) is 0. The Hall–Kier alpha value is -2.04. The van der Waals surface area contributed by atoms with Gasteiger partial charge in [0.05, 0.1) is 0 Å². The van der Waals surface area contributed by atoms with Crippen LogP contribution in [-0.2, 0) is 11.2 Å². The summed E-state index contributed by atoms with van der Waals surface area (Å²) in [7, 11) is 0. The van der Waals surface area contributed by atoms with Crippen molar-refractivity contribution in [3.8, 4) is 0 Å². The Morgan fingerprint density at radius 2 is 1.90 bits per heavy atom. The highest BCUT2D eigenvalue weighted by atomic mass is 19.1. The number of hydrogen-bond donors (Lipinski definition) is 0. The largest absolute Gasteiger partial charge is 0.339 e. The predicted molar refractivity (Wildman–Crippen MR) is 69.7 cm³/mol. The van der Waals surface area contributed by atoms with E-state index in [2.05, 4.69) is 10.1 Å². The molecule has 0 saturated heterocycles. The molecule has 1 aliphatic rings. The fourth-order valence-electron chi connectivity index (χ4n) is 2.48. The molecule has 1 saturated carbocycles. The third-order valence-corrected chi connectivity index (χ3v) is 3.65. The molecule has 0 bridgehead atoms. The van der Waals surface area contributed by atoms with Gasteiger partial charge < -0.3 is 4.52 Å². The summed E-state index contributed by atoms with van der Waals surface area (Å²) in [4.78, 5) is 15.6. The number of rotatable bonds is 3. The number of carbonyl (C=O) groups is 1. The number of hydrogen-bond acceptors (Lipinski definition) is 4. The Morgan fingerprint density at radius 3 is 2.60 bits per heavy atom. The van der Waals surface area contributed by atoms with E-state index in [1.165, 1.54) is 12.1 Å². The first-order valence-electron chi connectivity index (χ1n) is 6.79. The van der Waals surface area contributed by atoms with Crippen LogP contribution in [0.2, 0.25) is 0 Å². The van der Waals surface area contributed by atoms with Crippen molar-refractivity contribution in [2.75, 3.05) is 0 Å². The number of carbonyl (C=O) groups excluding carboxylic acids is 1. The van der Waals surface area contributed by atoms with Gasteiger partial charge in [0.2, 0.25) is 5.89 Å². The van der Waals surface area contributed by atoms with Crippen LogP contribution in [0.4, 0.5) is 4.39 Å². The van der Waals surface area contributed by atoms with Crippen molar-refractivity contribution in [1.82, 2.24) is 10.1 Å². The van der Waals surface area contributed by atoms with Gasteiger partial charge >= 0.3 is 0 Å². The molecule has 2 aromatic rings. The van der Waals surface area contributed by atoms with E-state index in [9.17, 15) is 9.18 Å². The number of halogens is 1. The van der Waals surface area contributed by atoms with Crippen molar-refractivity contribution >= 4 is 5.78 Å². The average molecular weight is 274 g/mol. The van der Waals surface area contributed by atoms with E-state index in [1.807, 2.05) is 0 Å². The molecule has 0 amide bonds. The first-order chi connectivity index (χ1) is 9.70. The molecule has 0 N–H and O–H groups in total. The van der Waals surface area contributed by atoms with Crippen molar-refractivity contribution in [2.24, 2.45) is 0 Å². The van der Waals surface area contributed by atoms with Gasteiger partial charge in [-0.1, -0.05) is 17.3 Å². The van der Waals surface area contributed by atoms with Gasteiger partial charge in [-0.25, -0.2) is 4.39 Å². The number of ketones is 1. The molecule has 1 heterocycles. The standard InChI is InChI=1S/C15H15FN2O2/c16-12-5-1-10(2-6-12)9-14-17-15(20-18-14)11-3-7-13(19)8-4-11/h1-2,5-6,11H,3-4,7-9H2. The molecule has 4 nitrogen and oxygen atoms in total. The van der Waals surface area contributed by atoms with E-state index in [0.717, 1.165) is 18.4 Å². The van der Waals surface area contributed by atoms with Crippen LogP contribution < -0.4 is 0 Å². The lowest BCUT2D eigenvalue weighted by atomic mass is 9.88. The second-order valence-corrected chi connectivity index (χ2v) is 5.17. The van der Waals surface area contributed by atoms with Crippen molar-refractivity contribution in [1.29, 1.82) is 0 Å². The number of benzene rings is 1. The highest BCUT2D eigenvalue weighted by molar-refractivity contribution is 5.79. The Kier molecular flexibility index (Phi) is 3.58. The fraction of sp³-hybridized carbons (Fsp3) is 0.400. The van der Waals surface area contributed by atoms with E-state index < -0.39 is 0 Å². The molecule has 0 atom stereocenters. The van der Waals surface area contributed by atoms with Gasteiger partial charge in [-0.05, 0) is 30.5 Å². The quantitative estimate of drug-likeness (QED) is 0.863. The topological polar surface area (TPSA) is 56.0 Å². The van der Waals surface area contributed by atoms with Crippen LogP contribution in [0.3, 0.4) is 0 Å². The van der Waals surface area contributed by atoms with Crippen molar-refractivity contribution in [3.63, 3.8) is 0 Å². The van der Waals surface area contributed by atoms with Gasteiger partial charge in [0, 0.05) is 25.2 Å². The number of Topliss-reactive ketones (excluding diaryl/α,β-unsaturated/α-hetero) is 1. The molecule has 0 unspecified atom stereocenters. The lowest BCUT2D eigenvalue weighted by molar-refractivity contribution is -0.120. The third kappa shape index (κ3) is 2.92. The van der Waals surface area contributed by atoms with Gasteiger partial charge in [-0.2, -0.15) is 4.98 Å². The Bertz CT molecular complexity index is 597. The number of nitrogens with zero attached hydrogens (tertiary/aromatic N) is 2. The van der Waals surface area contributed by atoms with Gasteiger partial charge in [0.1, 0.15) is 11.6 Å². The molecule has 20 heavy (non-hydrogen) atoms. The first kappa shape index (κ1) is 13.0. The minimum Gasteiger partial charge on any atom is -0.339 e. The first-order valence-corrected chi connectivity index (χ1v) is 6.79. The summed E-state index contributed by atoms with van der Waals surface area (Å²) >= 11 is 0. The van der Waals surface area contributed by atoms with Gasteiger partial charge in [0.15, 0.2) is 5.82 Å². The van der Waals surface area contributed by atoms with Crippen LogP contribution in [0.5, 0.6) is 0 Å². The van der Waals surface area contributed by atoms with Crippen molar-refractivity contribution < 1.29 is 13.7 Å². The van der Waals surface area contributed by atoms with E-state index >= 15 is 0 Å². The lowest BCUT2D eigenvalue weighted by Crippen LogP contribution is -2.12. The zero-order valence-corrected chi connectivity index (χ0v) is 11.0. The van der Waals surface area contributed by atoms with E-state index in [1.54, 1.807) is 12.1 Å². The average Bonchev–Trinajstić information content (AvgIpc) is 2.91. The zero-order chi connectivity index (χ0) is 13.9. The molecular weight excluding hydrogens is 259 g/mol. The third-order valence-electron chi connectivity index (χ3n) is 3.65. The highest BCUT2D eigenvalue weighted by Gasteiger charge is 2.24. The van der Waals surface area contributed by atoms with E-state index in [-0.39, 0.29) is 11.7 Å². The van der Waals surface area contributed by atoms with Gasteiger partial charge in [0.25, 0.3) is 0 Å². The molecule has 1 aliphatic carbocycles. The van der Waals surface area contributed by atoms with Crippen LogP contribution in [-0.4, -0.2) is 15.9 Å². The summed E-state index contributed by atoms with van der Waals surface area (Å²) in [6, 6.07) is 6.27. The van der Waals surface area contributed by atoms with Crippen LogP contribution in [0, 0.1) is 5.82 Å². The summed E-state index contributed by atoms with van der Waals surface area (Å²) in [5, 5.41) is 3.96. The predicted octanol–water partition coefficient (Wildman–Crippen LogP) is 3.03. The molecule has 0 spiro atoms.